The average Bonchev–Trinajstić information content (AvgIpc) is 3.27. The van der Waals surface area contributed by atoms with E-state index in [9.17, 15) is 14.9 Å². The van der Waals surface area contributed by atoms with Crippen molar-refractivity contribution in [3.05, 3.63) is 95.6 Å². The van der Waals surface area contributed by atoms with Crippen LogP contribution in [-0.2, 0) is 0 Å². The second kappa shape index (κ2) is 9.91. The van der Waals surface area contributed by atoms with Gasteiger partial charge in [-0.25, -0.2) is 4.98 Å². The van der Waals surface area contributed by atoms with Gasteiger partial charge >= 0.3 is 5.69 Å². The fraction of sp³-hybridized carbons (Fsp3) is 0.115. The van der Waals surface area contributed by atoms with E-state index in [-0.39, 0.29) is 23.4 Å². The van der Waals surface area contributed by atoms with Crippen LogP contribution in [0.25, 0.3) is 33.5 Å². The number of hydrogen-bond acceptors (Lipinski definition) is 7. The Hall–Kier alpha value is -3.83. The lowest BCUT2D eigenvalue weighted by Gasteiger charge is -2.13. The minimum Gasteiger partial charge on any atom is -0.484 e. The van der Waals surface area contributed by atoms with Crippen molar-refractivity contribution in [2.45, 2.75) is 20.0 Å². The normalized spacial score (nSPS) is 11.7. The van der Waals surface area contributed by atoms with Crippen molar-refractivity contribution in [1.82, 2.24) is 9.66 Å². The number of nitrogens with zero attached hydrogens (tertiary/aromatic N) is 4. The van der Waals surface area contributed by atoms with E-state index < -0.39 is 10.5 Å². The molecule has 2 aromatic heterocycles. The first-order valence-electron chi connectivity index (χ1n) is 11.1. The molecular formula is C26H18Br2N4O5. The molecule has 5 rings (SSSR count). The third-order valence-electron chi connectivity index (χ3n) is 5.38. The van der Waals surface area contributed by atoms with Crippen molar-refractivity contribution in [3.8, 4) is 17.3 Å². The van der Waals surface area contributed by atoms with Gasteiger partial charge in [-0.3, -0.25) is 14.9 Å². The SMILES string of the molecule is CC(C)Oc1c(C=Nn2c(-c3cc4cc(Br)ccc4o3)nc3ccccc3c2=O)cc(Br)cc1[N+](=O)[O-]. The van der Waals surface area contributed by atoms with Crippen LogP contribution in [-0.4, -0.2) is 26.9 Å². The summed E-state index contributed by atoms with van der Waals surface area (Å²) < 4.78 is 14.2. The van der Waals surface area contributed by atoms with Crippen LogP contribution in [0.1, 0.15) is 19.4 Å². The van der Waals surface area contributed by atoms with Crippen LogP contribution in [0.15, 0.2) is 83.9 Å². The Labute approximate surface area is 226 Å². The van der Waals surface area contributed by atoms with Crippen LogP contribution in [0, 0.1) is 10.1 Å². The van der Waals surface area contributed by atoms with Crippen LogP contribution in [0.2, 0.25) is 0 Å². The highest BCUT2D eigenvalue weighted by Crippen LogP contribution is 2.35. The maximum absolute atomic E-state index is 13.5. The maximum atomic E-state index is 13.5. The number of benzene rings is 3. The van der Waals surface area contributed by atoms with Crippen LogP contribution in [0.4, 0.5) is 5.69 Å². The molecule has 2 heterocycles. The number of fused-ring (bicyclic) bond motifs is 2. The smallest absolute Gasteiger partial charge is 0.312 e. The van der Waals surface area contributed by atoms with E-state index in [0.717, 1.165) is 14.5 Å². The van der Waals surface area contributed by atoms with Gasteiger partial charge in [0.15, 0.2) is 5.76 Å². The lowest BCUT2D eigenvalue weighted by atomic mass is 10.2. The van der Waals surface area contributed by atoms with Gasteiger partial charge in [0.1, 0.15) is 5.58 Å². The predicted molar refractivity (Wildman–Crippen MR) is 148 cm³/mol. The molecule has 5 aromatic rings. The van der Waals surface area contributed by atoms with Gasteiger partial charge in [0.05, 0.1) is 28.1 Å². The topological polar surface area (TPSA) is 113 Å². The fourth-order valence-corrected chi connectivity index (χ4v) is 4.67. The number of halogens is 2. The number of nitro benzene ring substituents is 1. The molecule has 186 valence electrons. The second-order valence-corrected chi connectivity index (χ2v) is 10.2. The Morgan fingerprint density at radius 1 is 1.11 bits per heavy atom. The van der Waals surface area contributed by atoms with Gasteiger partial charge in [-0.2, -0.15) is 9.78 Å². The highest BCUT2D eigenvalue weighted by atomic mass is 79.9. The van der Waals surface area contributed by atoms with Gasteiger partial charge in [-0.05, 0) is 56.3 Å². The van der Waals surface area contributed by atoms with E-state index in [4.69, 9.17) is 9.15 Å². The third kappa shape index (κ3) is 4.92. The molecule has 0 unspecified atom stereocenters. The van der Waals surface area contributed by atoms with E-state index in [1.165, 1.54) is 12.3 Å². The highest BCUT2D eigenvalue weighted by Gasteiger charge is 2.22. The predicted octanol–water partition coefficient (Wildman–Crippen LogP) is 6.91. The summed E-state index contributed by atoms with van der Waals surface area (Å²) in [6, 6.07) is 17.3. The van der Waals surface area contributed by atoms with Gasteiger partial charge in [0, 0.05) is 26.0 Å². The largest absolute Gasteiger partial charge is 0.484 e. The summed E-state index contributed by atoms with van der Waals surface area (Å²) in [7, 11) is 0. The molecule has 0 amide bonds. The van der Waals surface area contributed by atoms with Crippen molar-refractivity contribution in [3.63, 3.8) is 0 Å². The third-order valence-corrected chi connectivity index (χ3v) is 6.33. The number of hydrogen-bond donors (Lipinski definition) is 0. The first-order valence-corrected chi connectivity index (χ1v) is 12.7. The van der Waals surface area contributed by atoms with Crippen molar-refractivity contribution in [1.29, 1.82) is 0 Å². The molecule has 9 nitrogen and oxygen atoms in total. The Balaban J connectivity index is 1.74. The van der Waals surface area contributed by atoms with E-state index in [1.807, 2.05) is 18.2 Å². The Morgan fingerprint density at radius 2 is 1.89 bits per heavy atom. The first kappa shape index (κ1) is 24.8. The van der Waals surface area contributed by atoms with E-state index in [1.54, 1.807) is 50.2 Å². The van der Waals surface area contributed by atoms with E-state index in [0.29, 0.717) is 32.3 Å². The van der Waals surface area contributed by atoms with Crippen LogP contribution >= 0.6 is 31.9 Å². The minimum atomic E-state index is -0.526. The number of rotatable bonds is 6. The van der Waals surface area contributed by atoms with Crippen LogP contribution in [0.5, 0.6) is 5.75 Å². The molecule has 0 spiro atoms. The molecule has 37 heavy (non-hydrogen) atoms. The van der Waals surface area contributed by atoms with Crippen LogP contribution in [0.3, 0.4) is 0 Å². The maximum Gasteiger partial charge on any atom is 0.312 e. The first-order chi connectivity index (χ1) is 17.7. The van der Waals surface area contributed by atoms with Gasteiger partial charge in [0.2, 0.25) is 11.6 Å². The summed E-state index contributed by atoms with van der Waals surface area (Å²) in [5, 5.41) is 17.3. The molecule has 0 bridgehead atoms. The summed E-state index contributed by atoms with van der Waals surface area (Å²) in [5.74, 6) is 0.568. The summed E-state index contributed by atoms with van der Waals surface area (Å²) in [5.41, 5.74) is 0.768. The number of aromatic nitrogens is 2. The molecule has 3 aromatic carbocycles. The number of ether oxygens (including phenoxy) is 1. The Kier molecular flexibility index (Phi) is 6.65. The van der Waals surface area contributed by atoms with Crippen molar-refractivity contribution >= 4 is 65.6 Å². The number of para-hydroxylation sites is 1. The van der Waals surface area contributed by atoms with Gasteiger partial charge in [0.25, 0.3) is 5.56 Å². The molecule has 0 aliphatic heterocycles. The molecule has 11 heteroatoms. The van der Waals surface area contributed by atoms with Gasteiger partial charge in [-0.1, -0.05) is 44.0 Å². The molecule has 0 N–H and O–H groups in total. The average molecular weight is 626 g/mol. The minimum absolute atomic E-state index is 0.0453. The van der Waals surface area contributed by atoms with Gasteiger partial charge < -0.3 is 9.15 Å². The van der Waals surface area contributed by atoms with Gasteiger partial charge in [-0.15, -0.1) is 0 Å². The molecule has 0 saturated heterocycles. The van der Waals surface area contributed by atoms with Crippen molar-refractivity contribution < 1.29 is 14.1 Å². The monoisotopic (exact) mass is 624 g/mol. The molecule has 0 aliphatic carbocycles. The molecular weight excluding hydrogens is 608 g/mol. The Bertz CT molecular complexity index is 1780. The number of nitro groups is 1. The quantitative estimate of drug-likeness (QED) is 0.115. The summed E-state index contributed by atoms with van der Waals surface area (Å²) in [6.07, 6.45) is 1.01. The molecule has 0 radical (unpaired) electrons. The summed E-state index contributed by atoms with van der Waals surface area (Å²) >= 11 is 6.76. The molecule has 0 aliphatic rings. The highest BCUT2D eigenvalue weighted by molar-refractivity contribution is 9.10. The molecule has 0 atom stereocenters. The standard InChI is InChI=1S/C26H18Br2N4O5/c1-14(2)36-24-16(10-18(28)12-21(24)32(34)35)13-29-31-25(30-20-6-4-3-5-19(20)26(31)33)23-11-15-9-17(27)7-8-22(15)37-23/h3-14H,1-2H3. The number of furan rings is 1. The van der Waals surface area contributed by atoms with Crippen molar-refractivity contribution in [2.24, 2.45) is 5.10 Å². The Morgan fingerprint density at radius 3 is 2.65 bits per heavy atom. The van der Waals surface area contributed by atoms with Crippen LogP contribution < -0.4 is 10.3 Å². The second-order valence-electron chi connectivity index (χ2n) is 8.37. The van der Waals surface area contributed by atoms with E-state index >= 15 is 0 Å². The summed E-state index contributed by atoms with van der Waals surface area (Å²) in [6.45, 7) is 3.53. The lowest BCUT2D eigenvalue weighted by Crippen LogP contribution is -2.20. The molecule has 0 saturated carbocycles. The van der Waals surface area contributed by atoms with E-state index in [2.05, 4.69) is 41.9 Å². The zero-order valence-electron chi connectivity index (χ0n) is 19.5. The fourth-order valence-electron chi connectivity index (χ4n) is 3.83. The molecule has 0 fully saturated rings. The van der Waals surface area contributed by atoms with Crippen molar-refractivity contribution in [2.75, 3.05) is 0 Å². The zero-order chi connectivity index (χ0) is 26.3. The summed E-state index contributed by atoms with van der Waals surface area (Å²) in [4.78, 5) is 29.4. The lowest BCUT2D eigenvalue weighted by molar-refractivity contribution is -0.386. The zero-order valence-corrected chi connectivity index (χ0v) is 22.7.